The summed E-state index contributed by atoms with van der Waals surface area (Å²) in [5.74, 6) is -0.866. The van der Waals surface area contributed by atoms with Crippen molar-refractivity contribution in [3.63, 3.8) is 0 Å². The molecule has 1 aliphatic rings. The third kappa shape index (κ3) is 2.73. The molecule has 2 aromatic rings. The van der Waals surface area contributed by atoms with Gasteiger partial charge in [0.05, 0.1) is 32.0 Å². The van der Waals surface area contributed by atoms with Crippen LogP contribution in [0.5, 0.6) is 11.5 Å². The summed E-state index contributed by atoms with van der Waals surface area (Å²) in [5.41, 5.74) is 1.47. The fourth-order valence-electron chi connectivity index (χ4n) is 3.07. The zero-order valence-corrected chi connectivity index (χ0v) is 14.1. The van der Waals surface area contributed by atoms with Gasteiger partial charge in [0, 0.05) is 23.1 Å². The van der Waals surface area contributed by atoms with Crippen molar-refractivity contribution in [2.24, 2.45) is 0 Å². The van der Waals surface area contributed by atoms with Crippen LogP contribution in [0.2, 0.25) is 0 Å². The first-order chi connectivity index (χ1) is 12.0. The van der Waals surface area contributed by atoms with Crippen LogP contribution < -0.4 is 9.47 Å². The minimum Gasteiger partial charge on any atom is -0.496 e. The number of carbonyl (C=O) groups is 2. The van der Waals surface area contributed by atoms with Crippen molar-refractivity contribution in [2.75, 3.05) is 20.8 Å². The molecule has 25 heavy (non-hydrogen) atoms. The summed E-state index contributed by atoms with van der Waals surface area (Å²) < 4.78 is 29.9. The van der Waals surface area contributed by atoms with Crippen LogP contribution >= 0.6 is 0 Å². The predicted molar refractivity (Wildman–Crippen MR) is 88.1 cm³/mol. The first-order valence-corrected chi connectivity index (χ1v) is 7.79. The van der Waals surface area contributed by atoms with E-state index in [-0.39, 0.29) is 29.7 Å². The Bertz CT molecular complexity index is 873. The van der Waals surface area contributed by atoms with Gasteiger partial charge in [-0.05, 0) is 31.2 Å². The maximum absolute atomic E-state index is 14.3. The molecule has 0 atom stereocenters. The Labute approximate surface area is 144 Å². The minimum atomic E-state index is -0.619. The lowest BCUT2D eigenvalue weighted by molar-refractivity contribution is 0.0526. The van der Waals surface area contributed by atoms with Crippen LogP contribution in [0.4, 0.5) is 4.39 Å². The first-order valence-electron chi connectivity index (χ1n) is 7.79. The van der Waals surface area contributed by atoms with Gasteiger partial charge >= 0.3 is 5.97 Å². The summed E-state index contributed by atoms with van der Waals surface area (Å²) in [6, 6.07) is 5.65. The number of benzene rings is 2. The predicted octanol–water partition coefficient (Wildman–Crippen LogP) is 3.15. The quantitative estimate of drug-likeness (QED) is 0.681. The normalized spacial score (nSPS) is 12.2. The zero-order chi connectivity index (χ0) is 18.1. The topological polar surface area (TPSA) is 61.8 Å². The molecule has 0 aliphatic heterocycles. The van der Waals surface area contributed by atoms with Crippen LogP contribution in [-0.2, 0) is 11.2 Å². The molecule has 2 aromatic carbocycles. The molecule has 0 aromatic heterocycles. The van der Waals surface area contributed by atoms with Gasteiger partial charge in [0.15, 0.2) is 5.78 Å². The molecule has 0 unspecified atom stereocenters. The number of hydrogen-bond donors (Lipinski definition) is 0. The number of halogens is 1. The molecule has 0 heterocycles. The molecule has 0 saturated heterocycles. The largest absolute Gasteiger partial charge is 0.496 e. The van der Waals surface area contributed by atoms with Crippen LogP contribution in [-0.4, -0.2) is 32.6 Å². The maximum Gasteiger partial charge on any atom is 0.338 e. The van der Waals surface area contributed by atoms with Crippen molar-refractivity contribution in [3.05, 3.63) is 57.9 Å². The van der Waals surface area contributed by atoms with Crippen molar-refractivity contribution in [1.29, 1.82) is 0 Å². The van der Waals surface area contributed by atoms with Gasteiger partial charge in [0.2, 0.25) is 0 Å². The average Bonchev–Trinajstić information content (AvgIpc) is 2.61. The highest BCUT2D eigenvalue weighted by Gasteiger charge is 2.32. The number of fused-ring (bicyclic) bond motifs is 2. The van der Waals surface area contributed by atoms with E-state index >= 15 is 0 Å². The molecule has 0 fully saturated rings. The summed E-state index contributed by atoms with van der Waals surface area (Å²) in [7, 11) is 2.92. The van der Waals surface area contributed by atoms with Crippen LogP contribution in [0.25, 0.3) is 0 Å². The van der Waals surface area contributed by atoms with Crippen molar-refractivity contribution in [2.45, 2.75) is 13.3 Å². The van der Waals surface area contributed by atoms with Crippen LogP contribution in [0, 0.1) is 5.82 Å². The Morgan fingerprint density at radius 2 is 1.84 bits per heavy atom. The SMILES string of the molecule is CCOC(=O)c1cc(OC)c2c(c1)C(=O)c1c(F)ccc(OC)c1C2. The summed E-state index contributed by atoms with van der Waals surface area (Å²) in [6.45, 7) is 1.90. The third-order valence-corrected chi connectivity index (χ3v) is 4.20. The van der Waals surface area contributed by atoms with Gasteiger partial charge in [0.1, 0.15) is 17.3 Å². The van der Waals surface area contributed by atoms with Gasteiger partial charge in [0.25, 0.3) is 0 Å². The lowest BCUT2D eigenvalue weighted by Crippen LogP contribution is -2.20. The standard InChI is InChI=1S/C19H17FO5/c1-4-25-19(22)10-7-12-11(16(8-10)24-3)9-13-15(23-2)6-5-14(20)17(13)18(12)21/h5-8H,4,9H2,1-3H3. The summed E-state index contributed by atoms with van der Waals surface area (Å²) >= 11 is 0. The highest BCUT2D eigenvalue weighted by atomic mass is 19.1. The van der Waals surface area contributed by atoms with Gasteiger partial charge < -0.3 is 14.2 Å². The second-order valence-electron chi connectivity index (χ2n) is 5.53. The van der Waals surface area contributed by atoms with E-state index in [1.54, 1.807) is 6.92 Å². The van der Waals surface area contributed by atoms with Crippen molar-refractivity contribution in [3.8, 4) is 11.5 Å². The van der Waals surface area contributed by atoms with E-state index in [1.165, 1.54) is 38.5 Å². The molecule has 130 valence electrons. The molecule has 0 bridgehead atoms. The summed E-state index contributed by atoms with van der Waals surface area (Å²) in [4.78, 5) is 24.9. The fourth-order valence-corrected chi connectivity index (χ4v) is 3.07. The van der Waals surface area contributed by atoms with Crippen LogP contribution in [0.3, 0.4) is 0 Å². The lowest BCUT2D eigenvalue weighted by atomic mass is 9.83. The molecule has 5 nitrogen and oxygen atoms in total. The number of ketones is 1. The number of hydrogen-bond acceptors (Lipinski definition) is 5. The molecule has 1 aliphatic carbocycles. The molecule has 0 spiro atoms. The second-order valence-corrected chi connectivity index (χ2v) is 5.53. The lowest BCUT2D eigenvalue weighted by Gasteiger charge is -2.23. The smallest absolute Gasteiger partial charge is 0.338 e. The number of ether oxygens (including phenoxy) is 3. The van der Waals surface area contributed by atoms with Crippen molar-refractivity contribution >= 4 is 11.8 Å². The molecule has 6 heteroatoms. The Hall–Kier alpha value is -2.89. The van der Waals surface area contributed by atoms with E-state index in [4.69, 9.17) is 14.2 Å². The Kier molecular flexibility index (Phi) is 4.44. The van der Waals surface area contributed by atoms with Gasteiger partial charge in [-0.25, -0.2) is 9.18 Å². The number of rotatable bonds is 4. The molecule has 0 saturated carbocycles. The zero-order valence-electron chi connectivity index (χ0n) is 14.1. The van der Waals surface area contributed by atoms with Crippen molar-refractivity contribution < 1.29 is 28.2 Å². The van der Waals surface area contributed by atoms with E-state index in [2.05, 4.69) is 0 Å². The average molecular weight is 344 g/mol. The fraction of sp³-hybridized carbons (Fsp3) is 0.263. The highest BCUT2D eigenvalue weighted by Crippen LogP contribution is 2.39. The van der Waals surface area contributed by atoms with Gasteiger partial charge in [-0.15, -0.1) is 0 Å². The first kappa shape index (κ1) is 17.0. The highest BCUT2D eigenvalue weighted by molar-refractivity contribution is 6.14. The molecule has 0 amide bonds. The summed E-state index contributed by atoms with van der Waals surface area (Å²) in [6.07, 6.45) is 0.267. The Balaban J connectivity index is 2.20. The van der Waals surface area contributed by atoms with Gasteiger partial charge in [-0.1, -0.05) is 0 Å². The van der Waals surface area contributed by atoms with Crippen LogP contribution in [0.15, 0.2) is 24.3 Å². The molecular weight excluding hydrogens is 327 g/mol. The molecule has 3 rings (SSSR count). The van der Waals surface area contributed by atoms with E-state index < -0.39 is 17.6 Å². The summed E-state index contributed by atoms with van der Waals surface area (Å²) in [5, 5.41) is 0. The molecular formula is C19H17FO5. The second kappa shape index (κ2) is 6.55. The van der Waals surface area contributed by atoms with E-state index in [0.29, 0.717) is 22.6 Å². The Morgan fingerprint density at radius 1 is 1.12 bits per heavy atom. The van der Waals surface area contributed by atoms with Gasteiger partial charge in [-0.2, -0.15) is 0 Å². The van der Waals surface area contributed by atoms with Crippen LogP contribution in [0.1, 0.15) is 44.3 Å². The van der Waals surface area contributed by atoms with E-state index in [1.807, 2.05) is 0 Å². The van der Waals surface area contributed by atoms with E-state index in [0.717, 1.165) is 0 Å². The number of methoxy groups -OCH3 is 2. The number of esters is 1. The monoisotopic (exact) mass is 344 g/mol. The molecule has 0 radical (unpaired) electrons. The third-order valence-electron chi connectivity index (χ3n) is 4.20. The molecule has 0 N–H and O–H groups in total. The number of carbonyl (C=O) groups excluding carboxylic acids is 2. The van der Waals surface area contributed by atoms with Gasteiger partial charge in [-0.3, -0.25) is 4.79 Å². The Morgan fingerprint density at radius 3 is 2.48 bits per heavy atom. The van der Waals surface area contributed by atoms with Crippen molar-refractivity contribution in [1.82, 2.24) is 0 Å². The van der Waals surface area contributed by atoms with E-state index in [9.17, 15) is 14.0 Å². The minimum absolute atomic E-state index is 0.0325. The maximum atomic E-state index is 14.3.